The van der Waals surface area contributed by atoms with Crippen molar-refractivity contribution < 1.29 is 9.53 Å². The number of carbonyl (C=O) groups excluding carboxylic acids is 1. The van der Waals surface area contributed by atoms with Crippen molar-refractivity contribution in [1.82, 2.24) is 10.2 Å². The van der Waals surface area contributed by atoms with E-state index in [4.69, 9.17) is 10.5 Å². The Balaban J connectivity index is 2.54. The van der Waals surface area contributed by atoms with Crippen molar-refractivity contribution in [3.05, 3.63) is 0 Å². The van der Waals surface area contributed by atoms with Crippen LogP contribution in [0, 0.1) is 11.3 Å². The average molecular weight is 299 g/mol. The summed E-state index contributed by atoms with van der Waals surface area (Å²) < 4.78 is 5.41. The van der Waals surface area contributed by atoms with E-state index < -0.39 is 6.04 Å². The Morgan fingerprint density at radius 1 is 1.29 bits per heavy atom. The van der Waals surface area contributed by atoms with Gasteiger partial charge in [0.1, 0.15) is 0 Å². The van der Waals surface area contributed by atoms with E-state index in [0.29, 0.717) is 18.5 Å². The van der Waals surface area contributed by atoms with E-state index in [1.54, 1.807) is 0 Å². The van der Waals surface area contributed by atoms with Crippen molar-refractivity contribution in [3.8, 4) is 0 Å². The summed E-state index contributed by atoms with van der Waals surface area (Å²) in [6, 6.07) is -0.105. The van der Waals surface area contributed by atoms with Gasteiger partial charge in [0.2, 0.25) is 5.91 Å². The van der Waals surface area contributed by atoms with Gasteiger partial charge in [-0.2, -0.15) is 0 Å². The minimum absolute atomic E-state index is 0.0514. The molecule has 0 aromatic heterocycles. The van der Waals surface area contributed by atoms with Gasteiger partial charge in [0.15, 0.2) is 0 Å². The Labute approximate surface area is 129 Å². The molecule has 0 saturated carbocycles. The second kappa shape index (κ2) is 8.11. The largest absolute Gasteiger partial charge is 0.379 e. The van der Waals surface area contributed by atoms with Crippen molar-refractivity contribution in [3.63, 3.8) is 0 Å². The summed E-state index contributed by atoms with van der Waals surface area (Å²) in [6.07, 6.45) is 1.07. The first-order chi connectivity index (χ1) is 9.71. The number of carbonyl (C=O) groups is 1. The monoisotopic (exact) mass is 299 g/mol. The van der Waals surface area contributed by atoms with Gasteiger partial charge in [0, 0.05) is 25.7 Å². The number of hydrogen-bond donors (Lipinski definition) is 2. The number of rotatable bonds is 6. The smallest absolute Gasteiger partial charge is 0.237 e. The second-order valence-corrected chi connectivity index (χ2v) is 7.52. The standard InChI is InChI=1S/C16H33N3O2/c1-12(2)10-13(19-6-8-21-9-7-19)11-18-15(20)14(17)16(3,4)5/h12-14H,6-11,17H2,1-5H3,(H,18,20)/t13?,14-/m1/s1. The van der Waals surface area contributed by atoms with Crippen LogP contribution in [0.2, 0.25) is 0 Å². The van der Waals surface area contributed by atoms with Crippen LogP contribution in [0.25, 0.3) is 0 Å². The molecule has 0 spiro atoms. The summed E-state index contributed by atoms with van der Waals surface area (Å²) in [5.41, 5.74) is 5.80. The minimum Gasteiger partial charge on any atom is -0.379 e. The Morgan fingerprint density at radius 3 is 2.33 bits per heavy atom. The third kappa shape index (κ3) is 6.32. The molecule has 0 bridgehead atoms. The van der Waals surface area contributed by atoms with Crippen LogP contribution in [0.3, 0.4) is 0 Å². The maximum absolute atomic E-state index is 12.2. The molecule has 1 saturated heterocycles. The van der Waals surface area contributed by atoms with Gasteiger partial charge in [0.05, 0.1) is 19.3 Å². The third-order valence-electron chi connectivity index (χ3n) is 4.03. The molecule has 0 aromatic rings. The lowest BCUT2D eigenvalue weighted by Gasteiger charge is -2.36. The lowest BCUT2D eigenvalue weighted by atomic mass is 9.87. The molecule has 1 amide bonds. The predicted molar refractivity (Wildman–Crippen MR) is 86.1 cm³/mol. The van der Waals surface area contributed by atoms with E-state index in [9.17, 15) is 4.79 Å². The highest BCUT2D eigenvalue weighted by Gasteiger charge is 2.29. The summed E-state index contributed by atoms with van der Waals surface area (Å²) in [5, 5.41) is 3.05. The Morgan fingerprint density at radius 2 is 1.86 bits per heavy atom. The van der Waals surface area contributed by atoms with Crippen molar-refractivity contribution in [2.75, 3.05) is 32.8 Å². The molecule has 1 aliphatic rings. The quantitative estimate of drug-likeness (QED) is 0.774. The van der Waals surface area contributed by atoms with Crippen LogP contribution in [0.5, 0.6) is 0 Å². The van der Waals surface area contributed by atoms with E-state index in [0.717, 1.165) is 32.7 Å². The normalized spacial score (nSPS) is 20.3. The molecule has 0 aliphatic carbocycles. The number of morpholine rings is 1. The maximum Gasteiger partial charge on any atom is 0.237 e. The highest BCUT2D eigenvalue weighted by atomic mass is 16.5. The highest BCUT2D eigenvalue weighted by Crippen LogP contribution is 2.18. The van der Waals surface area contributed by atoms with Crippen molar-refractivity contribution in [2.24, 2.45) is 17.1 Å². The van der Waals surface area contributed by atoms with E-state index >= 15 is 0 Å². The van der Waals surface area contributed by atoms with Crippen LogP contribution < -0.4 is 11.1 Å². The average Bonchev–Trinajstić information content (AvgIpc) is 2.41. The Hall–Kier alpha value is -0.650. The van der Waals surface area contributed by atoms with Gasteiger partial charge < -0.3 is 15.8 Å². The first-order valence-electron chi connectivity index (χ1n) is 8.07. The molecular weight excluding hydrogens is 266 g/mol. The van der Waals surface area contributed by atoms with Crippen molar-refractivity contribution in [2.45, 2.75) is 53.1 Å². The molecule has 2 atom stereocenters. The molecular formula is C16H33N3O2. The van der Waals surface area contributed by atoms with E-state index in [1.165, 1.54) is 0 Å². The van der Waals surface area contributed by atoms with Crippen LogP contribution in [0.15, 0.2) is 0 Å². The molecule has 3 N–H and O–H groups in total. The number of nitrogens with two attached hydrogens (primary N) is 1. The van der Waals surface area contributed by atoms with Crippen LogP contribution >= 0.6 is 0 Å². The molecule has 1 unspecified atom stereocenters. The number of nitrogens with one attached hydrogen (secondary N) is 1. The number of hydrogen-bond acceptors (Lipinski definition) is 4. The van der Waals surface area contributed by atoms with Gasteiger partial charge >= 0.3 is 0 Å². The van der Waals surface area contributed by atoms with Crippen molar-refractivity contribution in [1.29, 1.82) is 0 Å². The topological polar surface area (TPSA) is 67.6 Å². The Bertz CT molecular complexity index is 320. The van der Waals surface area contributed by atoms with E-state index in [-0.39, 0.29) is 11.3 Å². The van der Waals surface area contributed by atoms with E-state index in [1.807, 2.05) is 20.8 Å². The number of ether oxygens (including phenoxy) is 1. The van der Waals surface area contributed by atoms with Gasteiger partial charge in [-0.05, 0) is 17.8 Å². The number of nitrogens with zero attached hydrogens (tertiary/aromatic N) is 1. The Kier molecular flexibility index (Phi) is 7.10. The minimum atomic E-state index is -0.470. The SMILES string of the molecule is CC(C)CC(CNC(=O)[C@@H](N)C(C)(C)C)N1CCOCC1. The fraction of sp³-hybridized carbons (Fsp3) is 0.938. The molecule has 0 aromatic carbocycles. The molecule has 124 valence electrons. The first-order valence-corrected chi connectivity index (χ1v) is 8.07. The van der Waals surface area contributed by atoms with Gasteiger partial charge in [-0.3, -0.25) is 9.69 Å². The summed E-state index contributed by atoms with van der Waals surface area (Å²) in [5.74, 6) is 0.551. The molecule has 5 heteroatoms. The summed E-state index contributed by atoms with van der Waals surface area (Å²) >= 11 is 0. The third-order valence-corrected chi connectivity index (χ3v) is 4.03. The summed E-state index contributed by atoms with van der Waals surface area (Å²) in [7, 11) is 0. The van der Waals surface area contributed by atoms with Gasteiger partial charge in [-0.15, -0.1) is 0 Å². The van der Waals surface area contributed by atoms with Crippen molar-refractivity contribution >= 4 is 5.91 Å². The lowest BCUT2D eigenvalue weighted by Crippen LogP contribution is -2.53. The first kappa shape index (κ1) is 18.4. The molecule has 1 heterocycles. The molecule has 5 nitrogen and oxygen atoms in total. The van der Waals surface area contributed by atoms with Gasteiger partial charge in [-0.1, -0.05) is 34.6 Å². The summed E-state index contributed by atoms with van der Waals surface area (Å²) in [6.45, 7) is 14.5. The second-order valence-electron chi connectivity index (χ2n) is 7.52. The van der Waals surface area contributed by atoms with Crippen LogP contribution in [-0.4, -0.2) is 55.7 Å². The maximum atomic E-state index is 12.2. The zero-order valence-corrected chi connectivity index (χ0v) is 14.3. The fourth-order valence-corrected chi connectivity index (χ4v) is 2.57. The van der Waals surface area contributed by atoms with Crippen LogP contribution in [-0.2, 0) is 9.53 Å². The molecule has 1 rings (SSSR count). The van der Waals surface area contributed by atoms with E-state index in [2.05, 4.69) is 24.1 Å². The molecule has 1 fully saturated rings. The summed E-state index contributed by atoms with van der Waals surface area (Å²) in [4.78, 5) is 14.6. The highest BCUT2D eigenvalue weighted by molar-refractivity contribution is 5.82. The molecule has 1 aliphatic heterocycles. The fourth-order valence-electron chi connectivity index (χ4n) is 2.57. The zero-order valence-electron chi connectivity index (χ0n) is 14.3. The molecule has 0 radical (unpaired) electrons. The lowest BCUT2D eigenvalue weighted by molar-refractivity contribution is -0.124. The van der Waals surface area contributed by atoms with Crippen LogP contribution in [0.1, 0.15) is 41.0 Å². The predicted octanol–water partition coefficient (Wildman–Crippen LogP) is 1.22. The van der Waals surface area contributed by atoms with Crippen LogP contribution in [0.4, 0.5) is 0 Å². The van der Waals surface area contributed by atoms with Gasteiger partial charge in [0.25, 0.3) is 0 Å². The van der Waals surface area contributed by atoms with Gasteiger partial charge in [-0.25, -0.2) is 0 Å². The number of amides is 1. The molecule has 21 heavy (non-hydrogen) atoms. The zero-order chi connectivity index (χ0) is 16.0.